The molecule has 1 N–H and O–H groups in total. The van der Waals surface area contributed by atoms with Crippen LogP contribution >= 0.6 is 11.8 Å². The highest BCUT2D eigenvalue weighted by molar-refractivity contribution is 7.99. The Hall–Kier alpha value is -0.470. The second kappa shape index (κ2) is 5.57. The zero-order chi connectivity index (χ0) is 10.5. The molecule has 0 aromatic heterocycles. The van der Waals surface area contributed by atoms with Crippen LogP contribution in [0.25, 0.3) is 0 Å². The molecule has 1 saturated heterocycles. The van der Waals surface area contributed by atoms with E-state index in [1.165, 1.54) is 42.8 Å². The lowest BCUT2D eigenvalue weighted by Gasteiger charge is -2.22. The monoisotopic (exact) mass is 221 g/mol. The van der Waals surface area contributed by atoms with Crippen molar-refractivity contribution < 1.29 is 0 Å². The van der Waals surface area contributed by atoms with Gasteiger partial charge in [-0.1, -0.05) is 24.3 Å². The Morgan fingerprint density at radius 2 is 2.00 bits per heavy atom. The van der Waals surface area contributed by atoms with Crippen LogP contribution < -0.4 is 5.32 Å². The number of hydrogen-bond acceptors (Lipinski definition) is 2. The number of hydrogen-bond donors (Lipinski definition) is 1. The summed E-state index contributed by atoms with van der Waals surface area (Å²) < 4.78 is 0. The van der Waals surface area contributed by atoms with Crippen molar-refractivity contribution in [1.82, 2.24) is 5.32 Å². The molecule has 1 aromatic rings. The highest BCUT2D eigenvalue weighted by Gasteiger charge is 2.13. The standard InChI is InChI=1S/C13H19NS/c1-11-4-2-3-5-12(11)10-15-13-6-8-14-9-7-13/h2-5,13-14H,6-10H2,1H3. The fourth-order valence-electron chi connectivity index (χ4n) is 1.94. The SMILES string of the molecule is Cc1ccccc1CSC1CCNCC1. The summed E-state index contributed by atoms with van der Waals surface area (Å²) in [5, 5.41) is 4.28. The molecule has 1 fully saturated rings. The van der Waals surface area contributed by atoms with E-state index in [2.05, 4.69) is 48.3 Å². The number of benzene rings is 1. The van der Waals surface area contributed by atoms with Crippen molar-refractivity contribution in [2.45, 2.75) is 30.8 Å². The first-order chi connectivity index (χ1) is 7.36. The van der Waals surface area contributed by atoms with E-state index < -0.39 is 0 Å². The van der Waals surface area contributed by atoms with Gasteiger partial charge in [-0.2, -0.15) is 11.8 Å². The van der Waals surface area contributed by atoms with Crippen LogP contribution in [0.2, 0.25) is 0 Å². The topological polar surface area (TPSA) is 12.0 Å². The van der Waals surface area contributed by atoms with E-state index in [1.807, 2.05) is 0 Å². The van der Waals surface area contributed by atoms with Gasteiger partial charge in [-0.05, 0) is 44.0 Å². The van der Waals surface area contributed by atoms with Gasteiger partial charge in [0, 0.05) is 11.0 Å². The summed E-state index contributed by atoms with van der Waals surface area (Å²) in [6.45, 7) is 4.61. The summed E-state index contributed by atoms with van der Waals surface area (Å²) in [5.74, 6) is 1.18. The van der Waals surface area contributed by atoms with Gasteiger partial charge in [-0.25, -0.2) is 0 Å². The number of aryl methyl sites for hydroxylation is 1. The molecule has 82 valence electrons. The van der Waals surface area contributed by atoms with Gasteiger partial charge >= 0.3 is 0 Å². The summed E-state index contributed by atoms with van der Waals surface area (Å²) in [6, 6.07) is 8.72. The van der Waals surface area contributed by atoms with Crippen molar-refractivity contribution in [1.29, 1.82) is 0 Å². The molecule has 2 rings (SSSR count). The molecule has 1 aliphatic rings. The van der Waals surface area contributed by atoms with Gasteiger partial charge in [0.25, 0.3) is 0 Å². The fraction of sp³-hybridized carbons (Fsp3) is 0.538. The van der Waals surface area contributed by atoms with E-state index in [9.17, 15) is 0 Å². The lowest BCUT2D eigenvalue weighted by atomic mass is 10.1. The molecule has 1 aromatic carbocycles. The van der Waals surface area contributed by atoms with Gasteiger partial charge < -0.3 is 5.32 Å². The third-order valence-corrected chi connectivity index (χ3v) is 4.44. The summed E-state index contributed by atoms with van der Waals surface area (Å²) in [6.07, 6.45) is 2.66. The minimum atomic E-state index is 0.867. The van der Waals surface area contributed by atoms with Gasteiger partial charge in [0.15, 0.2) is 0 Å². The third-order valence-electron chi connectivity index (χ3n) is 3.02. The maximum Gasteiger partial charge on any atom is 0.0189 e. The summed E-state index contributed by atoms with van der Waals surface area (Å²) in [7, 11) is 0. The van der Waals surface area contributed by atoms with E-state index in [0.717, 1.165) is 5.25 Å². The predicted octanol–water partition coefficient (Wildman–Crippen LogP) is 2.98. The molecule has 0 saturated carbocycles. The summed E-state index contributed by atoms with van der Waals surface area (Å²) in [4.78, 5) is 0. The molecule has 0 spiro atoms. The van der Waals surface area contributed by atoms with Crippen molar-refractivity contribution in [2.75, 3.05) is 13.1 Å². The maximum absolute atomic E-state index is 3.41. The van der Waals surface area contributed by atoms with Gasteiger partial charge in [0.1, 0.15) is 0 Å². The first-order valence-corrected chi connectivity index (χ1v) is 6.78. The highest BCUT2D eigenvalue weighted by atomic mass is 32.2. The second-order valence-electron chi connectivity index (χ2n) is 4.19. The van der Waals surface area contributed by atoms with Crippen molar-refractivity contribution >= 4 is 11.8 Å². The molecular formula is C13H19NS. The summed E-state index contributed by atoms with van der Waals surface area (Å²) >= 11 is 2.12. The van der Waals surface area contributed by atoms with Crippen molar-refractivity contribution in [3.8, 4) is 0 Å². The molecule has 0 radical (unpaired) electrons. The van der Waals surface area contributed by atoms with Crippen LogP contribution in [-0.4, -0.2) is 18.3 Å². The number of rotatable bonds is 3. The quantitative estimate of drug-likeness (QED) is 0.842. The Kier molecular flexibility index (Phi) is 4.09. The van der Waals surface area contributed by atoms with Gasteiger partial charge in [-0.3, -0.25) is 0 Å². The van der Waals surface area contributed by atoms with Crippen molar-refractivity contribution in [3.05, 3.63) is 35.4 Å². The first-order valence-electron chi connectivity index (χ1n) is 5.73. The Morgan fingerprint density at radius 3 is 2.73 bits per heavy atom. The van der Waals surface area contributed by atoms with E-state index in [4.69, 9.17) is 0 Å². The Labute approximate surface area is 96.7 Å². The molecule has 1 nitrogen and oxygen atoms in total. The first kappa shape index (κ1) is 11.0. The Balaban J connectivity index is 1.84. The molecule has 0 bridgehead atoms. The van der Waals surface area contributed by atoms with Crippen LogP contribution in [0.5, 0.6) is 0 Å². The highest BCUT2D eigenvalue weighted by Crippen LogP contribution is 2.25. The molecular weight excluding hydrogens is 202 g/mol. The van der Waals surface area contributed by atoms with E-state index in [-0.39, 0.29) is 0 Å². The zero-order valence-corrected chi connectivity index (χ0v) is 10.1. The van der Waals surface area contributed by atoms with Gasteiger partial charge in [0.2, 0.25) is 0 Å². The average molecular weight is 221 g/mol. The molecule has 1 aliphatic heterocycles. The second-order valence-corrected chi connectivity index (χ2v) is 5.48. The van der Waals surface area contributed by atoms with Crippen LogP contribution in [0.1, 0.15) is 24.0 Å². The molecule has 0 atom stereocenters. The normalized spacial score (nSPS) is 17.9. The van der Waals surface area contributed by atoms with Crippen LogP contribution in [0, 0.1) is 6.92 Å². The Bertz CT molecular complexity index is 305. The minimum absolute atomic E-state index is 0.867. The van der Waals surface area contributed by atoms with E-state index in [0.29, 0.717) is 0 Å². The van der Waals surface area contributed by atoms with Crippen molar-refractivity contribution in [2.24, 2.45) is 0 Å². The lowest BCUT2D eigenvalue weighted by Crippen LogP contribution is -2.29. The fourth-order valence-corrected chi connectivity index (χ4v) is 3.25. The van der Waals surface area contributed by atoms with Crippen LogP contribution in [0.4, 0.5) is 0 Å². The van der Waals surface area contributed by atoms with Crippen LogP contribution in [-0.2, 0) is 5.75 Å². The average Bonchev–Trinajstić information content (AvgIpc) is 2.29. The molecule has 0 unspecified atom stereocenters. The summed E-state index contributed by atoms with van der Waals surface area (Å²) in [5.41, 5.74) is 2.93. The minimum Gasteiger partial charge on any atom is -0.317 e. The maximum atomic E-state index is 3.41. The Morgan fingerprint density at radius 1 is 1.27 bits per heavy atom. The van der Waals surface area contributed by atoms with Gasteiger partial charge in [0.05, 0.1) is 0 Å². The molecule has 0 amide bonds. The van der Waals surface area contributed by atoms with Crippen LogP contribution in [0.3, 0.4) is 0 Å². The molecule has 1 heterocycles. The zero-order valence-electron chi connectivity index (χ0n) is 9.33. The van der Waals surface area contributed by atoms with Crippen LogP contribution in [0.15, 0.2) is 24.3 Å². The van der Waals surface area contributed by atoms with E-state index in [1.54, 1.807) is 0 Å². The lowest BCUT2D eigenvalue weighted by molar-refractivity contribution is 0.531. The smallest absolute Gasteiger partial charge is 0.0189 e. The molecule has 15 heavy (non-hydrogen) atoms. The van der Waals surface area contributed by atoms with Crippen molar-refractivity contribution in [3.63, 3.8) is 0 Å². The largest absolute Gasteiger partial charge is 0.317 e. The van der Waals surface area contributed by atoms with E-state index >= 15 is 0 Å². The van der Waals surface area contributed by atoms with Gasteiger partial charge in [-0.15, -0.1) is 0 Å². The number of piperidine rings is 1. The number of thioether (sulfide) groups is 1. The predicted molar refractivity (Wildman–Crippen MR) is 68.4 cm³/mol. The molecule has 0 aliphatic carbocycles. The third kappa shape index (κ3) is 3.25. The number of nitrogens with one attached hydrogen (secondary N) is 1. The molecule has 2 heteroatoms.